The highest BCUT2D eigenvalue weighted by Crippen LogP contribution is 2.40. The van der Waals surface area contributed by atoms with Crippen LogP contribution in [0.4, 0.5) is 5.13 Å². The summed E-state index contributed by atoms with van der Waals surface area (Å²) in [6.45, 7) is 3.92. The lowest BCUT2D eigenvalue weighted by atomic mass is 10.1. The molecule has 9 nitrogen and oxygen atoms in total. The predicted molar refractivity (Wildman–Crippen MR) is 113 cm³/mol. The predicted octanol–water partition coefficient (Wildman–Crippen LogP) is 1.84. The molecule has 1 aromatic carbocycles. The number of ether oxygens (including phenoxy) is 2. The van der Waals surface area contributed by atoms with Gasteiger partial charge in [0.2, 0.25) is 18.6 Å². The number of piperazine rings is 1. The molecule has 0 radical (unpaired) electrons. The van der Waals surface area contributed by atoms with Crippen molar-refractivity contribution in [3.8, 4) is 11.5 Å². The van der Waals surface area contributed by atoms with Crippen molar-refractivity contribution < 1.29 is 23.9 Å². The Morgan fingerprint density at radius 2 is 1.84 bits per heavy atom. The third-order valence-corrected chi connectivity index (χ3v) is 6.95. The van der Waals surface area contributed by atoms with Gasteiger partial charge in [-0.25, -0.2) is 4.98 Å². The van der Waals surface area contributed by atoms with Gasteiger partial charge in [0.05, 0.1) is 11.6 Å². The first-order valence-corrected chi connectivity index (χ1v) is 11.1. The van der Waals surface area contributed by atoms with Gasteiger partial charge < -0.3 is 19.3 Å². The molecule has 1 N–H and O–H groups in total. The molecule has 3 aliphatic rings. The molecule has 1 atom stereocenters. The van der Waals surface area contributed by atoms with Crippen molar-refractivity contribution in [3.05, 3.63) is 34.3 Å². The number of nitrogens with one attached hydrogen (secondary N) is 1. The third kappa shape index (κ3) is 3.71. The number of carbonyl (C=O) groups excluding carboxylic acids is 3. The number of fused-ring (bicyclic) bond motifs is 2. The van der Waals surface area contributed by atoms with E-state index in [9.17, 15) is 14.4 Å². The van der Waals surface area contributed by atoms with Crippen LogP contribution in [0.15, 0.2) is 18.2 Å². The first kappa shape index (κ1) is 19.8. The van der Waals surface area contributed by atoms with E-state index in [0.717, 1.165) is 23.4 Å². The summed E-state index contributed by atoms with van der Waals surface area (Å²) < 4.78 is 10.6. The molecule has 0 saturated carbocycles. The minimum absolute atomic E-state index is 0.0394. The lowest BCUT2D eigenvalue weighted by Gasteiger charge is -2.35. The molecular weight excluding hydrogens is 420 g/mol. The first-order valence-electron chi connectivity index (χ1n) is 10.2. The third-order valence-electron chi connectivity index (χ3n) is 5.91. The first-order chi connectivity index (χ1) is 15.0. The summed E-state index contributed by atoms with van der Waals surface area (Å²) in [6, 6.07) is 5.03. The van der Waals surface area contributed by atoms with E-state index in [1.54, 1.807) is 30.0 Å². The van der Waals surface area contributed by atoms with Crippen molar-refractivity contribution in [1.82, 2.24) is 14.8 Å². The summed E-state index contributed by atoms with van der Waals surface area (Å²) in [5.41, 5.74) is 1.22. The summed E-state index contributed by atoms with van der Waals surface area (Å²) in [4.78, 5) is 46.4. The molecular formula is C21H22N4O5S. The maximum absolute atomic E-state index is 13.1. The van der Waals surface area contributed by atoms with Crippen LogP contribution in [0.25, 0.3) is 0 Å². The monoisotopic (exact) mass is 442 g/mol. The van der Waals surface area contributed by atoms with Crippen LogP contribution < -0.4 is 14.8 Å². The van der Waals surface area contributed by atoms with E-state index >= 15 is 0 Å². The number of amides is 3. The lowest BCUT2D eigenvalue weighted by molar-refractivity contribution is -0.139. The van der Waals surface area contributed by atoms with Crippen LogP contribution in [0, 0.1) is 0 Å². The van der Waals surface area contributed by atoms with Gasteiger partial charge in [-0.2, -0.15) is 0 Å². The van der Waals surface area contributed by atoms with E-state index < -0.39 is 0 Å². The number of aromatic nitrogens is 1. The van der Waals surface area contributed by atoms with Crippen molar-refractivity contribution >= 4 is 34.2 Å². The normalized spacial score (nSPS) is 19.3. The highest BCUT2D eigenvalue weighted by molar-refractivity contribution is 7.16. The van der Waals surface area contributed by atoms with Crippen molar-refractivity contribution in [1.29, 1.82) is 0 Å². The molecule has 1 aliphatic carbocycles. The highest BCUT2D eigenvalue weighted by Gasteiger charge is 2.36. The number of rotatable bonds is 3. The largest absolute Gasteiger partial charge is 0.454 e. The quantitative estimate of drug-likeness (QED) is 0.779. The van der Waals surface area contributed by atoms with Crippen LogP contribution in [0.1, 0.15) is 40.2 Å². The topological polar surface area (TPSA) is 101 Å². The van der Waals surface area contributed by atoms with Crippen LogP contribution in [-0.4, -0.2) is 65.5 Å². The Labute approximate surface area is 182 Å². The summed E-state index contributed by atoms with van der Waals surface area (Å²) in [6.07, 6.45) is 1.51. The number of hydrogen-bond acceptors (Lipinski definition) is 7. The van der Waals surface area contributed by atoms with Gasteiger partial charge in [-0.1, -0.05) is 0 Å². The molecule has 31 heavy (non-hydrogen) atoms. The fourth-order valence-corrected chi connectivity index (χ4v) is 5.22. The number of benzene rings is 1. The number of carbonyl (C=O) groups is 3. The van der Waals surface area contributed by atoms with Crippen molar-refractivity contribution in [2.24, 2.45) is 0 Å². The number of nitrogens with zero attached hydrogens (tertiary/aromatic N) is 3. The zero-order chi connectivity index (χ0) is 21.5. The van der Waals surface area contributed by atoms with Crippen molar-refractivity contribution in [2.45, 2.75) is 25.7 Å². The number of anilines is 1. The van der Waals surface area contributed by atoms with Gasteiger partial charge in [0, 0.05) is 43.5 Å². The average Bonchev–Trinajstić information content (AvgIpc) is 3.48. The van der Waals surface area contributed by atoms with E-state index in [4.69, 9.17) is 9.47 Å². The molecule has 1 aromatic heterocycles. The van der Waals surface area contributed by atoms with Crippen LogP contribution >= 0.6 is 11.3 Å². The second-order valence-corrected chi connectivity index (χ2v) is 8.86. The standard InChI is InChI=1S/C21H22N4O5S/c1-12(26)24-6-8-25(9-7-24)20(28)14-3-5-17-18(14)22-21(31-17)23-19(27)13-2-4-15-16(10-13)30-11-29-15/h2,4,10,14H,3,5-9,11H2,1H3,(H,22,23,27). The molecule has 1 unspecified atom stereocenters. The Hall–Kier alpha value is -3.14. The molecule has 2 aliphatic heterocycles. The maximum atomic E-state index is 13.1. The van der Waals surface area contributed by atoms with Gasteiger partial charge >= 0.3 is 0 Å². The van der Waals surface area contributed by atoms with E-state index in [1.807, 2.05) is 4.90 Å². The van der Waals surface area contributed by atoms with Crippen molar-refractivity contribution in [2.75, 3.05) is 38.3 Å². The minimum atomic E-state index is -0.286. The maximum Gasteiger partial charge on any atom is 0.257 e. The van der Waals surface area contributed by atoms with Gasteiger partial charge in [0.25, 0.3) is 5.91 Å². The number of thiazole rings is 1. The molecule has 3 heterocycles. The van der Waals surface area contributed by atoms with Gasteiger partial charge in [0.1, 0.15) is 0 Å². The average molecular weight is 442 g/mol. The van der Waals surface area contributed by atoms with Crippen LogP contribution in [0.2, 0.25) is 0 Å². The van der Waals surface area contributed by atoms with E-state index in [2.05, 4.69) is 10.3 Å². The molecule has 1 fully saturated rings. The molecule has 0 bridgehead atoms. The smallest absolute Gasteiger partial charge is 0.257 e. The van der Waals surface area contributed by atoms with Gasteiger partial charge in [-0.15, -0.1) is 11.3 Å². The Kier molecular flexibility index (Phi) is 5.01. The Morgan fingerprint density at radius 1 is 1.10 bits per heavy atom. The zero-order valence-corrected chi connectivity index (χ0v) is 17.9. The number of aryl methyl sites for hydroxylation is 1. The van der Waals surface area contributed by atoms with E-state index in [1.165, 1.54) is 11.3 Å². The highest BCUT2D eigenvalue weighted by atomic mass is 32.1. The zero-order valence-electron chi connectivity index (χ0n) is 17.1. The Morgan fingerprint density at radius 3 is 2.61 bits per heavy atom. The number of hydrogen-bond donors (Lipinski definition) is 1. The fourth-order valence-electron chi connectivity index (χ4n) is 4.19. The summed E-state index contributed by atoms with van der Waals surface area (Å²) in [5.74, 6) is 0.693. The summed E-state index contributed by atoms with van der Waals surface area (Å²) in [5, 5.41) is 3.33. The van der Waals surface area contributed by atoms with Gasteiger partial charge in [0.15, 0.2) is 16.6 Å². The van der Waals surface area contributed by atoms with E-state index in [-0.39, 0.29) is 30.4 Å². The summed E-state index contributed by atoms with van der Waals surface area (Å²) >= 11 is 1.42. The summed E-state index contributed by atoms with van der Waals surface area (Å²) in [7, 11) is 0. The lowest BCUT2D eigenvalue weighted by Crippen LogP contribution is -2.51. The minimum Gasteiger partial charge on any atom is -0.454 e. The Balaban J connectivity index is 1.26. The molecule has 1 saturated heterocycles. The van der Waals surface area contributed by atoms with Gasteiger partial charge in [-0.05, 0) is 31.0 Å². The fraction of sp³-hybridized carbons (Fsp3) is 0.429. The van der Waals surface area contributed by atoms with Crippen LogP contribution in [0.3, 0.4) is 0 Å². The second kappa shape index (κ2) is 7.84. The van der Waals surface area contributed by atoms with Crippen LogP contribution in [0.5, 0.6) is 11.5 Å². The van der Waals surface area contributed by atoms with Crippen LogP contribution in [-0.2, 0) is 16.0 Å². The van der Waals surface area contributed by atoms with Gasteiger partial charge in [-0.3, -0.25) is 19.7 Å². The Bertz CT molecular complexity index is 1060. The molecule has 10 heteroatoms. The molecule has 162 valence electrons. The second-order valence-electron chi connectivity index (χ2n) is 7.77. The van der Waals surface area contributed by atoms with E-state index in [0.29, 0.717) is 48.4 Å². The van der Waals surface area contributed by atoms with Crippen molar-refractivity contribution in [3.63, 3.8) is 0 Å². The molecule has 0 spiro atoms. The molecule has 2 aromatic rings. The molecule has 3 amide bonds. The molecule has 5 rings (SSSR count). The SMILES string of the molecule is CC(=O)N1CCN(C(=O)C2CCc3sc(NC(=O)c4ccc5c(c4)OCO5)nc32)CC1.